The Kier molecular flexibility index (Phi) is 14.9. The van der Waals surface area contributed by atoms with Crippen LogP contribution in [0.5, 0.6) is 0 Å². The molecule has 6 rings (SSSR count). The van der Waals surface area contributed by atoms with E-state index >= 15 is 0 Å². The van der Waals surface area contributed by atoms with E-state index < -0.39 is 23.1 Å². The van der Waals surface area contributed by atoms with E-state index in [2.05, 4.69) is 71.3 Å². The van der Waals surface area contributed by atoms with E-state index in [0.29, 0.717) is 12.3 Å². The van der Waals surface area contributed by atoms with Crippen molar-refractivity contribution in [2.75, 3.05) is 40.3 Å². The number of carbonyl (C=O) groups is 1. The van der Waals surface area contributed by atoms with E-state index in [9.17, 15) is 20.1 Å². The molecule has 1 aliphatic heterocycles. The van der Waals surface area contributed by atoms with Crippen LogP contribution in [0.1, 0.15) is 91.5 Å². The molecule has 1 aliphatic rings. The molecular weight excluding hydrogens is 683 g/mol. The molecule has 55 heavy (non-hydrogen) atoms. The molecule has 1 fully saturated rings. The maximum atomic E-state index is 12.1. The van der Waals surface area contributed by atoms with Crippen molar-refractivity contribution in [1.29, 1.82) is 0 Å². The van der Waals surface area contributed by atoms with Gasteiger partial charge in [-0.05, 0) is 132 Å². The highest BCUT2D eigenvalue weighted by molar-refractivity contribution is 5.80. The first kappa shape index (κ1) is 41.5. The minimum absolute atomic E-state index is 0.132. The number of likely N-dealkylation sites (tertiary alicyclic amines) is 1. The van der Waals surface area contributed by atoms with Crippen LogP contribution in [0.15, 0.2) is 140 Å². The number of aromatic nitrogens is 1. The Morgan fingerprint density at radius 3 is 1.80 bits per heavy atom. The topological polar surface area (TPSA) is 97.1 Å². The van der Waals surface area contributed by atoms with Crippen molar-refractivity contribution in [2.24, 2.45) is 5.92 Å². The number of benzene rings is 4. The second-order valence-corrected chi connectivity index (χ2v) is 15.6. The molecule has 0 spiro atoms. The molecule has 0 aliphatic carbocycles. The predicted octanol–water partition coefficient (Wildman–Crippen LogP) is 8.68. The van der Waals surface area contributed by atoms with E-state index in [-0.39, 0.29) is 5.92 Å². The SMILES string of the molecule is CC(C)(C(=O)O)c1ccc(C(O)CCCN2CCC(C(O)(c3ccccc3)c3ccccc3)CC2)cc1.CN(C)CCC(c1ccccc1)c1ccccn1. The number of aliphatic carboxylic acids is 1. The molecule has 7 heteroatoms. The van der Waals surface area contributed by atoms with Gasteiger partial charge in [-0.2, -0.15) is 0 Å². The van der Waals surface area contributed by atoms with Gasteiger partial charge in [0, 0.05) is 17.8 Å². The molecule has 2 heterocycles. The maximum Gasteiger partial charge on any atom is 0.313 e. The highest BCUT2D eigenvalue weighted by atomic mass is 16.4. The van der Waals surface area contributed by atoms with E-state index in [1.165, 1.54) is 5.56 Å². The summed E-state index contributed by atoms with van der Waals surface area (Å²) in [5.41, 5.74) is 3.98. The number of hydrogen-bond acceptors (Lipinski definition) is 6. The third-order valence-corrected chi connectivity index (χ3v) is 11.2. The van der Waals surface area contributed by atoms with Gasteiger partial charge in [0.2, 0.25) is 0 Å². The number of aliphatic hydroxyl groups is 2. The smallest absolute Gasteiger partial charge is 0.313 e. The van der Waals surface area contributed by atoms with Crippen LogP contribution in [-0.2, 0) is 15.8 Å². The van der Waals surface area contributed by atoms with Crippen LogP contribution >= 0.6 is 0 Å². The highest BCUT2D eigenvalue weighted by Crippen LogP contribution is 2.42. The molecule has 1 aromatic heterocycles. The summed E-state index contributed by atoms with van der Waals surface area (Å²) in [6.45, 7) is 7.18. The molecule has 3 N–H and O–H groups in total. The number of piperidine rings is 1. The lowest BCUT2D eigenvalue weighted by Gasteiger charge is -2.42. The van der Waals surface area contributed by atoms with Crippen molar-refractivity contribution in [3.05, 3.63) is 173 Å². The van der Waals surface area contributed by atoms with Gasteiger partial charge in [-0.3, -0.25) is 9.78 Å². The van der Waals surface area contributed by atoms with Crippen LogP contribution in [0, 0.1) is 5.92 Å². The van der Waals surface area contributed by atoms with Gasteiger partial charge in [-0.15, -0.1) is 0 Å². The van der Waals surface area contributed by atoms with Gasteiger partial charge in [0.15, 0.2) is 0 Å². The monoisotopic (exact) mass is 741 g/mol. The number of hydrogen-bond donors (Lipinski definition) is 3. The fourth-order valence-electron chi connectivity index (χ4n) is 7.66. The van der Waals surface area contributed by atoms with Crippen molar-refractivity contribution in [3.8, 4) is 0 Å². The number of carboxylic acids is 1. The van der Waals surface area contributed by atoms with E-state index in [1.807, 2.05) is 85.1 Å². The summed E-state index contributed by atoms with van der Waals surface area (Å²) < 4.78 is 0. The summed E-state index contributed by atoms with van der Waals surface area (Å²) in [5.74, 6) is -0.349. The first-order valence-corrected chi connectivity index (χ1v) is 19.7. The molecule has 7 nitrogen and oxygen atoms in total. The zero-order chi connectivity index (χ0) is 39.3. The van der Waals surface area contributed by atoms with Crippen molar-refractivity contribution >= 4 is 5.97 Å². The summed E-state index contributed by atoms with van der Waals surface area (Å²) in [6.07, 6.45) is 5.73. The summed E-state index contributed by atoms with van der Waals surface area (Å²) >= 11 is 0. The molecule has 1 saturated heterocycles. The molecule has 0 radical (unpaired) electrons. The van der Waals surface area contributed by atoms with Gasteiger partial charge in [0.05, 0.1) is 11.5 Å². The van der Waals surface area contributed by atoms with Crippen molar-refractivity contribution < 1.29 is 20.1 Å². The lowest BCUT2D eigenvalue weighted by molar-refractivity contribution is -0.142. The average molecular weight is 742 g/mol. The normalized spacial score (nSPS) is 15.2. The molecule has 2 unspecified atom stereocenters. The molecule has 0 bridgehead atoms. The molecule has 4 aromatic carbocycles. The van der Waals surface area contributed by atoms with Gasteiger partial charge in [-0.1, -0.05) is 121 Å². The number of rotatable bonds is 15. The fraction of sp³-hybridized carbons (Fsp3) is 0.375. The fourth-order valence-corrected chi connectivity index (χ4v) is 7.66. The second kappa shape index (κ2) is 19.8. The minimum Gasteiger partial charge on any atom is -0.481 e. The summed E-state index contributed by atoms with van der Waals surface area (Å²) in [4.78, 5) is 20.6. The van der Waals surface area contributed by atoms with E-state index in [0.717, 1.165) is 79.8 Å². The first-order chi connectivity index (χ1) is 26.5. The van der Waals surface area contributed by atoms with Crippen LogP contribution in [0.4, 0.5) is 0 Å². The first-order valence-electron chi connectivity index (χ1n) is 19.7. The molecule has 290 valence electrons. The Balaban J connectivity index is 0.000000269. The Morgan fingerprint density at radius 2 is 1.29 bits per heavy atom. The third kappa shape index (κ3) is 11.0. The van der Waals surface area contributed by atoms with Crippen LogP contribution in [0.3, 0.4) is 0 Å². The number of nitrogens with zero attached hydrogens (tertiary/aromatic N) is 3. The zero-order valence-corrected chi connectivity index (χ0v) is 33.0. The van der Waals surface area contributed by atoms with Gasteiger partial charge in [0.25, 0.3) is 0 Å². The largest absolute Gasteiger partial charge is 0.481 e. The van der Waals surface area contributed by atoms with E-state index in [1.54, 1.807) is 26.0 Å². The Bertz CT molecular complexity index is 1770. The molecule has 0 amide bonds. The van der Waals surface area contributed by atoms with Gasteiger partial charge in [0.1, 0.15) is 5.60 Å². The average Bonchev–Trinajstić information content (AvgIpc) is 3.22. The second-order valence-electron chi connectivity index (χ2n) is 15.6. The van der Waals surface area contributed by atoms with E-state index in [4.69, 9.17) is 0 Å². The maximum absolute atomic E-state index is 12.1. The highest BCUT2D eigenvalue weighted by Gasteiger charge is 2.41. The Labute approximate surface area is 328 Å². The van der Waals surface area contributed by atoms with Crippen LogP contribution in [0.25, 0.3) is 0 Å². The van der Waals surface area contributed by atoms with Crippen molar-refractivity contribution in [1.82, 2.24) is 14.8 Å². The van der Waals surface area contributed by atoms with Crippen LogP contribution < -0.4 is 0 Å². The predicted molar refractivity (Wildman–Crippen MR) is 222 cm³/mol. The van der Waals surface area contributed by atoms with Crippen LogP contribution in [-0.4, -0.2) is 76.3 Å². The molecule has 0 saturated carbocycles. The van der Waals surface area contributed by atoms with Gasteiger partial charge in [-0.25, -0.2) is 0 Å². The summed E-state index contributed by atoms with van der Waals surface area (Å²) in [6, 6.07) is 44.1. The standard InChI is InChI=1S/C32H39NO4.C16H20N2/c1-31(2,30(35)36)25-17-15-24(16-18-25)29(34)14-9-21-33-22-19-28(20-23-33)32(37,26-10-5-3-6-11-26)27-12-7-4-8-13-27;1-18(2)13-11-15(14-8-4-3-5-9-14)16-10-6-7-12-17-16/h3-8,10-13,15-18,28-29,34,37H,9,14,19-23H2,1-2H3,(H,35,36);3-10,12,15H,11,13H2,1-2H3. The molecular formula is C48H59N3O4. The molecule has 2 atom stereocenters. The quantitative estimate of drug-likeness (QED) is 0.0989. The minimum atomic E-state index is -1.01. The number of carboxylic acid groups (broad SMARTS) is 1. The lowest BCUT2D eigenvalue weighted by Crippen LogP contribution is -2.44. The zero-order valence-electron chi connectivity index (χ0n) is 33.0. The summed E-state index contributed by atoms with van der Waals surface area (Å²) in [5, 5.41) is 32.2. The Hall–Kier alpha value is -4.66. The lowest BCUT2D eigenvalue weighted by atomic mass is 9.72. The summed E-state index contributed by atoms with van der Waals surface area (Å²) in [7, 11) is 4.22. The van der Waals surface area contributed by atoms with Crippen molar-refractivity contribution in [3.63, 3.8) is 0 Å². The van der Waals surface area contributed by atoms with Gasteiger partial charge < -0.3 is 25.1 Å². The Morgan fingerprint density at radius 1 is 0.745 bits per heavy atom. The third-order valence-electron chi connectivity index (χ3n) is 11.2. The molecule has 5 aromatic rings. The van der Waals surface area contributed by atoms with Gasteiger partial charge >= 0.3 is 5.97 Å². The number of aliphatic hydroxyl groups excluding tert-OH is 1. The van der Waals surface area contributed by atoms with Crippen LogP contribution in [0.2, 0.25) is 0 Å². The van der Waals surface area contributed by atoms with Crippen molar-refractivity contribution in [2.45, 2.75) is 69.0 Å². The number of pyridine rings is 1.